The molecule has 0 saturated carbocycles. The molecule has 2 unspecified atom stereocenters. The van der Waals surface area contributed by atoms with Gasteiger partial charge >= 0.3 is 6.09 Å². The van der Waals surface area contributed by atoms with E-state index in [1.54, 1.807) is 0 Å². The average molecular weight is 286 g/mol. The molecule has 0 aromatic rings. The summed E-state index contributed by atoms with van der Waals surface area (Å²) in [5, 5.41) is 12.1. The quantitative estimate of drug-likeness (QED) is 0.812. The van der Waals surface area contributed by atoms with Crippen molar-refractivity contribution in [3.63, 3.8) is 0 Å². The van der Waals surface area contributed by atoms with Crippen LogP contribution in [0.1, 0.15) is 48.0 Å². The van der Waals surface area contributed by atoms with Crippen LogP contribution in [0.25, 0.3) is 0 Å². The van der Waals surface area contributed by atoms with Gasteiger partial charge in [-0.05, 0) is 41.5 Å². The fourth-order valence-electron chi connectivity index (χ4n) is 2.30. The second-order valence-corrected chi connectivity index (χ2v) is 7.28. The monoisotopic (exact) mass is 286 g/mol. The van der Waals surface area contributed by atoms with Gasteiger partial charge in [0.25, 0.3) is 0 Å². The Bertz CT molecular complexity index is 382. The van der Waals surface area contributed by atoms with Crippen LogP contribution in [-0.4, -0.2) is 51.8 Å². The Kier molecular flexibility index (Phi) is 4.69. The molecular weight excluding hydrogens is 260 g/mol. The van der Waals surface area contributed by atoms with E-state index in [0.29, 0.717) is 6.42 Å². The molecule has 6 nitrogen and oxygen atoms in total. The van der Waals surface area contributed by atoms with E-state index >= 15 is 0 Å². The third-order valence-electron chi connectivity index (χ3n) is 2.83. The SMILES string of the molecule is CC(C)(C)NC(=O)C1CC(OC(C)(C)C)CN1C(=O)O. The Labute approximate surface area is 120 Å². The third-order valence-corrected chi connectivity index (χ3v) is 2.83. The molecule has 2 amide bonds. The first kappa shape index (κ1) is 16.8. The minimum Gasteiger partial charge on any atom is -0.465 e. The molecule has 1 fully saturated rings. The van der Waals surface area contributed by atoms with Crippen LogP contribution in [0.3, 0.4) is 0 Å². The number of nitrogens with one attached hydrogen (secondary N) is 1. The van der Waals surface area contributed by atoms with Crippen LogP contribution in [0.5, 0.6) is 0 Å². The van der Waals surface area contributed by atoms with Gasteiger partial charge in [0.2, 0.25) is 5.91 Å². The number of carbonyl (C=O) groups excluding carboxylic acids is 1. The average Bonchev–Trinajstić information content (AvgIpc) is 2.56. The molecule has 1 heterocycles. The van der Waals surface area contributed by atoms with Crippen LogP contribution < -0.4 is 5.32 Å². The summed E-state index contributed by atoms with van der Waals surface area (Å²) in [6.07, 6.45) is -0.938. The highest BCUT2D eigenvalue weighted by Gasteiger charge is 2.42. The number of nitrogens with zero attached hydrogens (tertiary/aromatic N) is 1. The second kappa shape index (κ2) is 5.60. The Morgan fingerprint density at radius 3 is 2.15 bits per heavy atom. The van der Waals surface area contributed by atoms with Crippen LogP contribution in [0.15, 0.2) is 0 Å². The van der Waals surface area contributed by atoms with Crippen molar-refractivity contribution in [1.29, 1.82) is 0 Å². The van der Waals surface area contributed by atoms with Crippen LogP contribution in [0.4, 0.5) is 4.79 Å². The molecule has 1 saturated heterocycles. The van der Waals surface area contributed by atoms with Crippen LogP contribution >= 0.6 is 0 Å². The van der Waals surface area contributed by atoms with Crippen molar-refractivity contribution in [2.45, 2.75) is 71.2 Å². The summed E-state index contributed by atoms with van der Waals surface area (Å²) in [5.74, 6) is -0.264. The highest BCUT2D eigenvalue weighted by molar-refractivity contribution is 5.86. The van der Waals surface area contributed by atoms with Crippen molar-refractivity contribution in [1.82, 2.24) is 10.2 Å². The van der Waals surface area contributed by atoms with Crippen LogP contribution in [0, 0.1) is 0 Å². The number of hydrogen-bond donors (Lipinski definition) is 2. The number of likely N-dealkylation sites (tertiary alicyclic amines) is 1. The molecule has 2 N–H and O–H groups in total. The predicted molar refractivity (Wildman–Crippen MR) is 75.7 cm³/mol. The molecule has 1 rings (SSSR count). The zero-order valence-corrected chi connectivity index (χ0v) is 13.2. The van der Waals surface area contributed by atoms with Crippen molar-refractivity contribution in [3.8, 4) is 0 Å². The fraction of sp³-hybridized carbons (Fsp3) is 0.857. The summed E-state index contributed by atoms with van der Waals surface area (Å²) in [7, 11) is 0. The van der Waals surface area contributed by atoms with E-state index in [0.717, 1.165) is 4.90 Å². The number of hydrogen-bond acceptors (Lipinski definition) is 3. The van der Waals surface area contributed by atoms with Gasteiger partial charge in [0.05, 0.1) is 18.2 Å². The zero-order chi connectivity index (χ0) is 15.7. The van der Waals surface area contributed by atoms with Crippen LogP contribution in [0.2, 0.25) is 0 Å². The van der Waals surface area contributed by atoms with Gasteiger partial charge in [-0.25, -0.2) is 4.79 Å². The van der Waals surface area contributed by atoms with Crippen LogP contribution in [-0.2, 0) is 9.53 Å². The Balaban J connectivity index is 2.78. The highest BCUT2D eigenvalue weighted by Crippen LogP contribution is 2.25. The van der Waals surface area contributed by atoms with Crippen molar-refractivity contribution < 1.29 is 19.4 Å². The number of ether oxygens (including phenoxy) is 1. The fourth-order valence-corrected chi connectivity index (χ4v) is 2.30. The molecule has 1 aliphatic heterocycles. The summed E-state index contributed by atoms with van der Waals surface area (Å²) in [6.45, 7) is 11.6. The van der Waals surface area contributed by atoms with E-state index in [1.807, 2.05) is 41.5 Å². The lowest BCUT2D eigenvalue weighted by molar-refractivity contribution is -0.126. The van der Waals surface area contributed by atoms with Crippen molar-refractivity contribution >= 4 is 12.0 Å². The lowest BCUT2D eigenvalue weighted by Crippen LogP contribution is -2.51. The molecule has 0 aromatic heterocycles. The lowest BCUT2D eigenvalue weighted by Gasteiger charge is -2.26. The molecule has 0 radical (unpaired) electrons. The van der Waals surface area contributed by atoms with E-state index in [-0.39, 0.29) is 29.7 Å². The normalized spacial score (nSPS) is 23.8. The van der Waals surface area contributed by atoms with E-state index in [1.165, 1.54) is 0 Å². The minimum absolute atomic E-state index is 0.231. The van der Waals surface area contributed by atoms with Gasteiger partial charge < -0.3 is 15.2 Å². The Hall–Kier alpha value is -1.30. The minimum atomic E-state index is -1.08. The van der Waals surface area contributed by atoms with Gasteiger partial charge in [0.1, 0.15) is 6.04 Å². The Morgan fingerprint density at radius 1 is 1.20 bits per heavy atom. The number of rotatable bonds is 2. The summed E-state index contributed by atoms with van der Waals surface area (Å²) in [5.41, 5.74) is -0.742. The molecule has 0 spiro atoms. The molecule has 6 heteroatoms. The molecule has 2 atom stereocenters. The third kappa shape index (κ3) is 5.00. The molecule has 116 valence electrons. The molecule has 0 bridgehead atoms. The van der Waals surface area contributed by atoms with Gasteiger partial charge in [-0.3, -0.25) is 9.69 Å². The maximum absolute atomic E-state index is 12.2. The molecule has 1 aliphatic rings. The standard InChI is InChI=1S/C14H26N2O4/c1-13(2,3)15-11(17)10-7-9(20-14(4,5)6)8-16(10)12(18)19/h9-10H,7-8H2,1-6H3,(H,15,17)(H,18,19). The van der Waals surface area contributed by atoms with Gasteiger partial charge in [0.15, 0.2) is 0 Å². The number of carboxylic acid groups (broad SMARTS) is 1. The Morgan fingerprint density at radius 2 is 1.75 bits per heavy atom. The van der Waals surface area contributed by atoms with Gasteiger partial charge in [-0.1, -0.05) is 0 Å². The van der Waals surface area contributed by atoms with E-state index in [4.69, 9.17) is 4.74 Å². The van der Waals surface area contributed by atoms with E-state index in [2.05, 4.69) is 5.32 Å². The van der Waals surface area contributed by atoms with E-state index < -0.39 is 12.1 Å². The molecular formula is C14H26N2O4. The maximum atomic E-state index is 12.2. The summed E-state index contributed by atoms with van der Waals surface area (Å²) >= 11 is 0. The molecule has 0 aromatic carbocycles. The van der Waals surface area contributed by atoms with Gasteiger partial charge in [-0.2, -0.15) is 0 Å². The van der Waals surface area contributed by atoms with Crippen molar-refractivity contribution in [3.05, 3.63) is 0 Å². The lowest BCUT2D eigenvalue weighted by atomic mass is 10.1. The largest absolute Gasteiger partial charge is 0.465 e. The second-order valence-electron chi connectivity index (χ2n) is 7.28. The summed E-state index contributed by atoms with van der Waals surface area (Å²) < 4.78 is 5.80. The highest BCUT2D eigenvalue weighted by atomic mass is 16.5. The number of carbonyl (C=O) groups is 2. The maximum Gasteiger partial charge on any atom is 0.408 e. The first-order valence-electron chi connectivity index (χ1n) is 6.88. The van der Waals surface area contributed by atoms with Crippen molar-refractivity contribution in [2.24, 2.45) is 0 Å². The van der Waals surface area contributed by atoms with Crippen molar-refractivity contribution in [2.75, 3.05) is 6.54 Å². The first-order valence-corrected chi connectivity index (χ1v) is 6.88. The summed E-state index contributed by atoms with van der Waals surface area (Å²) in [6, 6.07) is -0.681. The summed E-state index contributed by atoms with van der Waals surface area (Å²) in [4.78, 5) is 24.7. The smallest absolute Gasteiger partial charge is 0.408 e. The number of amides is 2. The van der Waals surface area contributed by atoms with Gasteiger partial charge in [0, 0.05) is 12.0 Å². The zero-order valence-electron chi connectivity index (χ0n) is 13.2. The van der Waals surface area contributed by atoms with E-state index in [9.17, 15) is 14.7 Å². The van der Waals surface area contributed by atoms with Gasteiger partial charge in [-0.15, -0.1) is 0 Å². The first-order chi connectivity index (χ1) is 8.89. The predicted octanol–water partition coefficient (Wildman–Crippen LogP) is 1.84. The topological polar surface area (TPSA) is 78.9 Å². The molecule has 20 heavy (non-hydrogen) atoms. The molecule has 0 aliphatic carbocycles.